The summed E-state index contributed by atoms with van der Waals surface area (Å²) in [6.07, 6.45) is 2.82. The van der Waals surface area contributed by atoms with Crippen molar-refractivity contribution in [2.24, 2.45) is 5.92 Å². The summed E-state index contributed by atoms with van der Waals surface area (Å²) >= 11 is 5.65. The van der Waals surface area contributed by atoms with Gasteiger partial charge in [-0.15, -0.1) is 0 Å². The molecular formula is C10H20BrNS. The molecule has 13 heavy (non-hydrogen) atoms. The molecule has 0 bridgehead atoms. The Morgan fingerprint density at radius 3 is 3.08 bits per heavy atom. The number of thioether (sulfide) groups is 1. The standard InChI is InChI=1S/C10H20BrNS/c1-2-13-7-6-12-5-3-4-10(8-11)9-12/h10H,2-9H2,1H3. The highest BCUT2D eigenvalue weighted by atomic mass is 79.9. The van der Waals surface area contributed by atoms with Crippen LogP contribution in [0.2, 0.25) is 0 Å². The van der Waals surface area contributed by atoms with Gasteiger partial charge in [0.15, 0.2) is 0 Å². The van der Waals surface area contributed by atoms with E-state index in [9.17, 15) is 0 Å². The Hall–Kier alpha value is 0.790. The number of hydrogen-bond acceptors (Lipinski definition) is 2. The highest BCUT2D eigenvalue weighted by molar-refractivity contribution is 9.09. The summed E-state index contributed by atoms with van der Waals surface area (Å²) in [6, 6.07) is 0. The van der Waals surface area contributed by atoms with Gasteiger partial charge >= 0.3 is 0 Å². The zero-order chi connectivity index (χ0) is 9.52. The molecule has 1 aliphatic rings. The fourth-order valence-corrected chi connectivity index (χ4v) is 3.02. The molecule has 1 rings (SSSR count). The fourth-order valence-electron chi connectivity index (χ4n) is 1.82. The number of piperidine rings is 1. The van der Waals surface area contributed by atoms with Crippen LogP contribution in [0.1, 0.15) is 19.8 Å². The molecule has 78 valence electrons. The quantitative estimate of drug-likeness (QED) is 0.556. The van der Waals surface area contributed by atoms with E-state index in [-0.39, 0.29) is 0 Å². The predicted molar refractivity (Wildman–Crippen MR) is 66.0 cm³/mol. The van der Waals surface area contributed by atoms with Crippen molar-refractivity contribution in [3.8, 4) is 0 Å². The maximum Gasteiger partial charge on any atom is 0.00725 e. The molecule has 0 aromatic heterocycles. The van der Waals surface area contributed by atoms with Crippen molar-refractivity contribution in [2.75, 3.05) is 36.5 Å². The van der Waals surface area contributed by atoms with Crippen molar-refractivity contribution in [1.82, 2.24) is 4.90 Å². The lowest BCUT2D eigenvalue weighted by atomic mass is 10.0. The van der Waals surface area contributed by atoms with E-state index in [4.69, 9.17) is 0 Å². The van der Waals surface area contributed by atoms with E-state index in [2.05, 4.69) is 39.5 Å². The summed E-state index contributed by atoms with van der Waals surface area (Å²) in [6.45, 7) is 6.17. The lowest BCUT2D eigenvalue weighted by molar-refractivity contribution is 0.197. The Labute approximate surface area is 94.8 Å². The highest BCUT2D eigenvalue weighted by Gasteiger charge is 2.17. The maximum absolute atomic E-state index is 3.59. The van der Waals surface area contributed by atoms with E-state index in [0.717, 1.165) is 5.92 Å². The topological polar surface area (TPSA) is 3.24 Å². The second-order valence-electron chi connectivity index (χ2n) is 3.66. The molecule has 1 unspecified atom stereocenters. The Kier molecular flexibility index (Phi) is 6.51. The van der Waals surface area contributed by atoms with E-state index in [1.54, 1.807) is 0 Å². The van der Waals surface area contributed by atoms with Gasteiger partial charge in [0.05, 0.1) is 0 Å². The molecule has 0 aliphatic carbocycles. The molecule has 1 heterocycles. The average molecular weight is 266 g/mol. The number of rotatable bonds is 5. The normalized spacial score (nSPS) is 24.9. The van der Waals surface area contributed by atoms with Crippen molar-refractivity contribution < 1.29 is 0 Å². The molecule has 0 aromatic carbocycles. The van der Waals surface area contributed by atoms with Gasteiger partial charge in [-0.2, -0.15) is 11.8 Å². The predicted octanol–water partition coefficient (Wildman–Crippen LogP) is 2.85. The molecule has 1 nitrogen and oxygen atoms in total. The van der Waals surface area contributed by atoms with Gasteiger partial charge in [-0.25, -0.2) is 0 Å². The first-order valence-electron chi connectivity index (χ1n) is 5.23. The molecule has 1 fully saturated rings. The first-order valence-corrected chi connectivity index (χ1v) is 7.50. The van der Waals surface area contributed by atoms with E-state index < -0.39 is 0 Å². The summed E-state index contributed by atoms with van der Waals surface area (Å²) in [7, 11) is 0. The Bertz CT molecular complexity index is 132. The molecular weight excluding hydrogens is 246 g/mol. The fraction of sp³-hybridized carbons (Fsp3) is 1.00. The van der Waals surface area contributed by atoms with Gasteiger partial charge in [0.1, 0.15) is 0 Å². The van der Waals surface area contributed by atoms with Crippen molar-refractivity contribution in [1.29, 1.82) is 0 Å². The first kappa shape index (κ1) is 11.9. The Morgan fingerprint density at radius 1 is 1.54 bits per heavy atom. The van der Waals surface area contributed by atoms with Gasteiger partial charge < -0.3 is 4.90 Å². The molecule has 0 amide bonds. The van der Waals surface area contributed by atoms with Crippen LogP contribution in [0.5, 0.6) is 0 Å². The molecule has 0 spiro atoms. The molecule has 0 radical (unpaired) electrons. The van der Waals surface area contributed by atoms with Gasteiger partial charge in [-0.3, -0.25) is 0 Å². The van der Waals surface area contributed by atoms with Crippen LogP contribution < -0.4 is 0 Å². The molecule has 0 aromatic rings. The maximum atomic E-state index is 3.59. The van der Waals surface area contributed by atoms with Crippen molar-refractivity contribution >= 4 is 27.7 Å². The summed E-state index contributed by atoms with van der Waals surface area (Å²) in [5.41, 5.74) is 0. The minimum Gasteiger partial charge on any atom is -0.302 e. The number of nitrogens with zero attached hydrogens (tertiary/aromatic N) is 1. The Balaban J connectivity index is 2.11. The minimum atomic E-state index is 0.903. The smallest absolute Gasteiger partial charge is 0.00725 e. The van der Waals surface area contributed by atoms with Gasteiger partial charge in [0.2, 0.25) is 0 Å². The van der Waals surface area contributed by atoms with Gasteiger partial charge in [0.25, 0.3) is 0 Å². The monoisotopic (exact) mass is 265 g/mol. The van der Waals surface area contributed by atoms with E-state index >= 15 is 0 Å². The highest BCUT2D eigenvalue weighted by Crippen LogP contribution is 2.18. The van der Waals surface area contributed by atoms with Crippen molar-refractivity contribution in [3.05, 3.63) is 0 Å². The van der Waals surface area contributed by atoms with E-state index in [1.807, 2.05) is 0 Å². The molecule has 1 atom stereocenters. The number of likely N-dealkylation sites (tertiary alicyclic amines) is 1. The zero-order valence-corrected chi connectivity index (χ0v) is 10.9. The zero-order valence-electron chi connectivity index (χ0n) is 8.47. The molecule has 1 saturated heterocycles. The van der Waals surface area contributed by atoms with Gasteiger partial charge in [-0.1, -0.05) is 22.9 Å². The van der Waals surface area contributed by atoms with Crippen LogP contribution in [0, 0.1) is 5.92 Å². The number of halogens is 1. The van der Waals surface area contributed by atoms with Crippen LogP contribution in [0.25, 0.3) is 0 Å². The molecule has 1 aliphatic heterocycles. The van der Waals surface area contributed by atoms with Crippen LogP contribution in [0.15, 0.2) is 0 Å². The van der Waals surface area contributed by atoms with Crippen LogP contribution in [-0.4, -0.2) is 41.4 Å². The van der Waals surface area contributed by atoms with Crippen LogP contribution >= 0.6 is 27.7 Å². The second kappa shape index (κ2) is 7.13. The summed E-state index contributed by atoms with van der Waals surface area (Å²) in [5.74, 6) is 3.47. The Morgan fingerprint density at radius 2 is 2.38 bits per heavy atom. The van der Waals surface area contributed by atoms with Crippen LogP contribution in [0.4, 0.5) is 0 Å². The first-order chi connectivity index (χ1) is 6.36. The summed E-state index contributed by atoms with van der Waals surface area (Å²) < 4.78 is 0. The third-order valence-electron chi connectivity index (χ3n) is 2.58. The minimum absolute atomic E-state index is 0.903. The average Bonchev–Trinajstić information content (AvgIpc) is 2.19. The van der Waals surface area contributed by atoms with E-state index in [1.165, 1.54) is 49.3 Å². The van der Waals surface area contributed by atoms with Gasteiger partial charge in [0, 0.05) is 24.2 Å². The van der Waals surface area contributed by atoms with Crippen molar-refractivity contribution in [3.63, 3.8) is 0 Å². The molecule has 0 saturated carbocycles. The summed E-state index contributed by atoms with van der Waals surface area (Å²) in [5, 5.41) is 1.18. The second-order valence-corrected chi connectivity index (χ2v) is 5.70. The van der Waals surface area contributed by atoms with Crippen molar-refractivity contribution in [2.45, 2.75) is 19.8 Å². The van der Waals surface area contributed by atoms with E-state index in [0.29, 0.717) is 0 Å². The molecule has 3 heteroatoms. The molecule has 0 N–H and O–H groups in total. The van der Waals surface area contributed by atoms with Crippen LogP contribution in [-0.2, 0) is 0 Å². The summed E-state index contributed by atoms with van der Waals surface area (Å²) in [4.78, 5) is 2.62. The third kappa shape index (κ3) is 4.71. The number of hydrogen-bond donors (Lipinski definition) is 0. The largest absolute Gasteiger partial charge is 0.302 e. The lowest BCUT2D eigenvalue weighted by Gasteiger charge is -2.31. The van der Waals surface area contributed by atoms with Gasteiger partial charge in [-0.05, 0) is 31.1 Å². The lowest BCUT2D eigenvalue weighted by Crippen LogP contribution is -2.37. The third-order valence-corrected chi connectivity index (χ3v) is 4.37. The number of alkyl halides is 1. The van der Waals surface area contributed by atoms with Crippen LogP contribution in [0.3, 0.4) is 0 Å². The SMILES string of the molecule is CCSCCN1CCCC(CBr)C1.